The van der Waals surface area contributed by atoms with Gasteiger partial charge in [-0.15, -0.1) is 0 Å². The molecule has 0 aliphatic heterocycles. The lowest BCUT2D eigenvalue weighted by Gasteiger charge is -2.19. The number of alkyl halides is 5. The molecular weight excluding hydrogens is 295 g/mol. The first-order valence-corrected chi connectivity index (χ1v) is 5.32. The van der Waals surface area contributed by atoms with Crippen molar-refractivity contribution >= 4 is 17.3 Å². The Kier molecular flexibility index (Phi) is 4.94. The van der Waals surface area contributed by atoms with Crippen molar-refractivity contribution in [2.24, 2.45) is 5.84 Å². The van der Waals surface area contributed by atoms with E-state index in [-0.39, 0.29) is 10.6 Å². The Morgan fingerprint density at radius 1 is 1.21 bits per heavy atom. The second-order valence-electron chi connectivity index (χ2n) is 3.65. The van der Waals surface area contributed by atoms with E-state index >= 15 is 0 Å². The van der Waals surface area contributed by atoms with Crippen LogP contribution < -0.4 is 11.3 Å². The van der Waals surface area contributed by atoms with Gasteiger partial charge in [0.15, 0.2) is 0 Å². The minimum Gasteiger partial charge on any atom is -0.370 e. The maximum Gasteiger partial charge on any atom is 0.455 e. The summed E-state index contributed by atoms with van der Waals surface area (Å²) in [4.78, 5) is 0. The molecule has 9 heteroatoms. The van der Waals surface area contributed by atoms with Crippen molar-refractivity contribution in [3.8, 4) is 0 Å². The van der Waals surface area contributed by atoms with Crippen LogP contribution in [0.4, 0.5) is 27.6 Å². The lowest BCUT2D eigenvalue weighted by atomic mass is 10.2. The molecule has 0 bridgehead atoms. The van der Waals surface area contributed by atoms with Crippen LogP contribution in [0, 0.1) is 0 Å². The first-order valence-electron chi connectivity index (χ1n) is 4.95. The molecule has 0 amide bonds. The highest BCUT2D eigenvalue weighted by Crippen LogP contribution is 2.35. The van der Waals surface area contributed by atoms with Crippen molar-refractivity contribution in [1.82, 2.24) is 0 Å². The number of halogens is 6. The second-order valence-corrected chi connectivity index (χ2v) is 4.05. The molecule has 0 spiro atoms. The molecule has 0 atom stereocenters. The topological polar surface area (TPSA) is 47.3 Å². The summed E-state index contributed by atoms with van der Waals surface area (Å²) in [5, 5.41) is 0.175. The van der Waals surface area contributed by atoms with Gasteiger partial charge in [0.05, 0.1) is 6.61 Å². The van der Waals surface area contributed by atoms with Crippen LogP contribution in [-0.2, 0) is 11.3 Å². The molecule has 108 valence electrons. The average molecular weight is 305 g/mol. The van der Waals surface area contributed by atoms with Crippen molar-refractivity contribution in [3.05, 3.63) is 28.8 Å². The highest BCUT2D eigenvalue weighted by Gasteiger charge is 2.57. The van der Waals surface area contributed by atoms with Gasteiger partial charge in [0.1, 0.15) is 6.61 Å². The summed E-state index contributed by atoms with van der Waals surface area (Å²) in [6, 6.07) is 4.31. The predicted octanol–water partition coefficient (Wildman–Crippen LogP) is 3.34. The number of benzene rings is 1. The van der Waals surface area contributed by atoms with Crippen molar-refractivity contribution in [1.29, 1.82) is 0 Å². The van der Waals surface area contributed by atoms with Crippen molar-refractivity contribution in [2.45, 2.75) is 18.7 Å². The van der Waals surface area contributed by atoms with Crippen molar-refractivity contribution in [2.75, 3.05) is 12.0 Å². The molecule has 1 aromatic carbocycles. The molecule has 0 aliphatic carbocycles. The van der Waals surface area contributed by atoms with E-state index < -0.39 is 25.3 Å². The number of hydrogen-bond donors (Lipinski definition) is 2. The first-order chi connectivity index (χ1) is 8.67. The molecule has 0 aromatic heterocycles. The van der Waals surface area contributed by atoms with Crippen LogP contribution in [0.15, 0.2) is 18.2 Å². The largest absolute Gasteiger partial charge is 0.455 e. The Balaban J connectivity index is 2.63. The summed E-state index contributed by atoms with van der Waals surface area (Å²) in [5.74, 6) is 0.222. The number of ether oxygens (including phenoxy) is 1. The molecule has 0 heterocycles. The Bertz CT molecular complexity index is 438. The lowest BCUT2D eigenvalue weighted by molar-refractivity contribution is -0.297. The minimum atomic E-state index is -5.64. The third-order valence-electron chi connectivity index (χ3n) is 2.17. The number of hydrazine groups is 1. The summed E-state index contributed by atoms with van der Waals surface area (Å²) in [6.45, 7) is -2.26. The number of rotatable bonds is 5. The van der Waals surface area contributed by atoms with Crippen LogP contribution >= 0.6 is 11.6 Å². The van der Waals surface area contributed by atoms with Gasteiger partial charge in [-0.05, 0) is 23.8 Å². The van der Waals surface area contributed by atoms with Gasteiger partial charge in [0.25, 0.3) is 0 Å². The van der Waals surface area contributed by atoms with Crippen LogP contribution in [0.3, 0.4) is 0 Å². The molecule has 0 radical (unpaired) electrons. The highest BCUT2D eigenvalue weighted by molar-refractivity contribution is 6.31. The van der Waals surface area contributed by atoms with E-state index in [2.05, 4.69) is 10.2 Å². The van der Waals surface area contributed by atoms with Gasteiger partial charge >= 0.3 is 12.1 Å². The van der Waals surface area contributed by atoms with Gasteiger partial charge in [0, 0.05) is 10.7 Å². The SMILES string of the molecule is NNc1ccc(Cl)c(COCC(F)(F)C(F)(F)F)c1. The summed E-state index contributed by atoms with van der Waals surface area (Å²) in [6.07, 6.45) is -5.64. The predicted molar refractivity (Wildman–Crippen MR) is 59.9 cm³/mol. The molecule has 0 fully saturated rings. The molecule has 3 N–H and O–H groups in total. The van der Waals surface area contributed by atoms with E-state index in [4.69, 9.17) is 17.4 Å². The van der Waals surface area contributed by atoms with Crippen LogP contribution in [-0.4, -0.2) is 18.7 Å². The molecular formula is C10H10ClF5N2O. The van der Waals surface area contributed by atoms with E-state index in [1.807, 2.05) is 0 Å². The molecule has 1 rings (SSSR count). The Labute approximate surface area is 110 Å². The van der Waals surface area contributed by atoms with Crippen LogP contribution in [0.2, 0.25) is 5.02 Å². The molecule has 0 saturated carbocycles. The third kappa shape index (κ3) is 4.19. The van der Waals surface area contributed by atoms with Crippen molar-refractivity contribution < 1.29 is 26.7 Å². The molecule has 0 unspecified atom stereocenters. The first kappa shape index (κ1) is 15.9. The fourth-order valence-corrected chi connectivity index (χ4v) is 1.32. The average Bonchev–Trinajstić information content (AvgIpc) is 2.30. The number of nitrogen functional groups attached to an aromatic ring is 1. The van der Waals surface area contributed by atoms with Gasteiger partial charge in [-0.3, -0.25) is 5.84 Å². The van der Waals surface area contributed by atoms with E-state index in [0.717, 1.165) is 0 Å². The standard InChI is InChI=1S/C10H10ClF5N2O/c11-8-2-1-7(18-17)3-6(8)4-19-5-9(12,13)10(14,15)16/h1-3,18H,4-5,17H2. The summed E-state index contributed by atoms with van der Waals surface area (Å²) < 4.78 is 65.1. The smallest absolute Gasteiger partial charge is 0.370 e. The van der Waals surface area contributed by atoms with Gasteiger partial charge in [0.2, 0.25) is 0 Å². The van der Waals surface area contributed by atoms with Crippen LogP contribution in [0.25, 0.3) is 0 Å². The maximum atomic E-state index is 12.6. The summed E-state index contributed by atoms with van der Waals surface area (Å²) >= 11 is 5.73. The summed E-state index contributed by atoms with van der Waals surface area (Å²) in [5.41, 5.74) is 2.95. The second kappa shape index (κ2) is 5.89. The molecule has 3 nitrogen and oxygen atoms in total. The van der Waals surface area contributed by atoms with Gasteiger partial charge in [-0.2, -0.15) is 22.0 Å². The highest BCUT2D eigenvalue weighted by atomic mass is 35.5. The van der Waals surface area contributed by atoms with E-state index in [9.17, 15) is 22.0 Å². The number of nitrogens with two attached hydrogens (primary N) is 1. The van der Waals surface area contributed by atoms with Gasteiger partial charge in [-0.25, -0.2) is 0 Å². The zero-order valence-corrected chi connectivity index (χ0v) is 10.2. The fraction of sp³-hybridized carbons (Fsp3) is 0.400. The quantitative estimate of drug-likeness (QED) is 0.498. The Hall–Kier alpha value is -1.12. The van der Waals surface area contributed by atoms with E-state index in [0.29, 0.717) is 5.69 Å². The number of anilines is 1. The number of hydrogen-bond acceptors (Lipinski definition) is 3. The molecule has 0 saturated heterocycles. The summed E-state index contributed by atoms with van der Waals surface area (Å²) in [7, 11) is 0. The normalized spacial score (nSPS) is 12.6. The number of nitrogens with one attached hydrogen (secondary N) is 1. The van der Waals surface area contributed by atoms with Crippen LogP contribution in [0.5, 0.6) is 0 Å². The lowest BCUT2D eigenvalue weighted by Crippen LogP contribution is -2.40. The molecule has 19 heavy (non-hydrogen) atoms. The zero-order valence-electron chi connectivity index (χ0n) is 9.40. The maximum absolute atomic E-state index is 12.6. The Morgan fingerprint density at radius 3 is 2.37 bits per heavy atom. The molecule has 0 aliphatic rings. The molecule has 1 aromatic rings. The van der Waals surface area contributed by atoms with Crippen molar-refractivity contribution in [3.63, 3.8) is 0 Å². The fourth-order valence-electron chi connectivity index (χ4n) is 1.15. The minimum absolute atomic E-state index is 0.175. The zero-order chi connectivity index (χ0) is 14.7. The van der Waals surface area contributed by atoms with Gasteiger partial charge in [-0.1, -0.05) is 11.6 Å². The van der Waals surface area contributed by atoms with Gasteiger partial charge < -0.3 is 10.2 Å². The van der Waals surface area contributed by atoms with Crippen LogP contribution in [0.1, 0.15) is 5.56 Å². The monoisotopic (exact) mass is 304 g/mol. The Morgan fingerprint density at radius 2 is 1.84 bits per heavy atom. The van der Waals surface area contributed by atoms with E-state index in [1.54, 1.807) is 0 Å². The third-order valence-corrected chi connectivity index (χ3v) is 2.54. The van der Waals surface area contributed by atoms with E-state index in [1.165, 1.54) is 18.2 Å².